The zero-order valence-electron chi connectivity index (χ0n) is 15.8. The highest BCUT2D eigenvalue weighted by Crippen LogP contribution is 2.40. The second kappa shape index (κ2) is 6.56. The predicted molar refractivity (Wildman–Crippen MR) is 105 cm³/mol. The fraction of sp³-hybridized carbons (Fsp3) is 0.350. The topological polar surface area (TPSA) is 111 Å². The van der Waals surface area contributed by atoms with Crippen molar-refractivity contribution >= 4 is 17.1 Å². The van der Waals surface area contributed by atoms with E-state index in [1.54, 1.807) is 10.6 Å². The number of nitrogens with two attached hydrogens (primary N) is 2. The summed E-state index contributed by atoms with van der Waals surface area (Å²) in [6.07, 6.45) is 6.55. The second-order valence-corrected chi connectivity index (χ2v) is 7.93. The summed E-state index contributed by atoms with van der Waals surface area (Å²) in [6, 6.07) is 5.02. The zero-order chi connectivity index (χ0) is 20.1. The molecule has 8 heteroatoms. The highest BCUT2D eigenvalue weighted by Gasteiger charge is 2.41. The Kier molecular flexibility index (Phi) is 4.30. The molecule has 28 heavy (non-hydrogen) atoms. The van der Waals surface area contributed by atoms with Crippen molar-refractivity contribution in [2.45, 2.75) is 38.8 Å². The summed E-state index contributed by atoms with van der Waals surface area (Å²) in [7, 11) is 0. The van der Waals surface area contributed by atoms with E-state index in [0.29, 0.717) is 16.8 Å². The molecule has 0 aromatic carbocycles. The number of amides is 1. The number of fused-ring (bicyclic) bond motifs is 1. The average molecular weight is 382 g/mol. The number of hydrogen-bond donors (Lipinski definition) is 3. The van der Waals surface area contributed by atoms with Gasteiger partial charge >= 0.3 is 0 Å². The van der Waals surface area contributed by atoms with Crippen molar-refractivity contribution in [1.29, 1.82) is 0 Å². The number of carbonyl (C=O) groups excluding carboxylic acids is 1. The largest absolute Gasteiger partial charge is 0.379 e. The second-order valence-electron chi connectivity index (χ2n) is 7.93. The lowest BCUT2D eigenvalue weighted by Crippen LogP contribution is -2.42. The van der Waals surface area contributed by atoms with Gasteiger partial charge in [-0.15, -0.1) is 0 Å². The van der Waals surface area contributed by atoms with E-state index in [9.17, 15) is 9.18 Å². The third-order valence-electron chi connectivity index (χ3n) is 5.90. The van der Waals surface area contributed by atoms with Crippen molar-refractivity contribution in [2.75, 3.05) is 5.32 Å². The Balaban J connectivity index is 1.82. The van der Waals surface area contributed by atoms with Gasteiger partial charge in [0.25, 0.3) is 5.91 Å². The van der Waals surface area contributed by atoms with Crippen molar-refractivity contribution in [1.82, 2.24) is 14.6 Å². The number of carbonyl (C=O) groups is 1. The minimum absolute atomic E-state index is 0.0764. The van der Waals surface area contributed by atoms with Crippen molar-refractivity contribution in [3.8, 4) is 11.1 Å². The highest BCUT2D eigenvalue weighted by atomic mass is 19.1. The standard InChI is InChI=1S/C20H23FN6O/c1-20(2)15(22)4-5-16(20)26-18-13(19(23)28)9-25-27-10-12(7-14(18)27)11-3-6-17(21)24-8-11/h3,6-10,15-16,26H,4-5,22H2,1-2H3,(H2,23,28)/t15-,16-/m1/s1. The van der Waals surface area contributed by atoms with Gasteiger partial charge in [0.1, 0.15) is 0 Å². The summed E-state index contributed by atoms with van der Waals surface area (Å²) in [5, 5.41) is 7.82. The molecule has 1 saturated carbocycles. The van der Waals surface area contributed by atoms with Crippen LogP contribution in [0.25, 0.3) is 16.6 Å². The zero-order valence-corrected chi connectivity index (χ0v) is 15.8. The van der Waals surface area contributed by atoms with Crippen LogP contribution in [0.3, 0.4) is 0 Å². The molecule has 2 atom stereocenters. The van der Waals surface area contributed by atoms with Crippen molar-refractivity contribution in [2.24, 2.45) is 16.9 Å². The first kappa shape index (κ1) is 18.4. The minimum atomic E-state index is -0.552. The van der Waals surface area contributed by atoms with E-state index in [2.05, 4.69) is 29.2 Å². The fourth-order valence-corrected chi connectivity index (χ4v) is 3.88. The quantitative estimate of drug-likeness (QED) is 0.601. The molecule has 1 aliphatic rings. The number of anilines is 1. The molecule has 0 aliphatic heterocycles. The monoisotopic (exact) mass is 382 g/mol. The van der Waals surface area contributed by atoms with Gasteiger partial charge in [-0.05, 0) is 36.5 Å². The van der Waals surface area contributed by atoms with Gasteiger partial charge in [0, 0.05) is 35.6 Å². The number of pyridine rings is 1. The molecule has 3 heterocycles. The number of rotatable bonds is 4. The van der Waals surface area contributed by atoms with E-state index >= 15 is 0 Å². The molecule has 1 fully saturated rings. The number of nitrogens with one attached hydrogen (secondary N) is 1. The van der Waals surface area contributed by atoms with Crippen LogP contribution in [0.2, 0.25) is 0 Å². The Morgan fingerprint density at radius 2 is 2.07 bits per heavy atom. The summed E-state index contributed by atoms with van der Waals surface area (Å²) >= 11 is 0. The van der Waals surface area contributed by atoms with E-state index in [0.717, 1.165) is 24.0 Å². The smallest absolute Gasteiger partial charge is 0.252 e. The van der Waals surface area contributed by atoms with Gasteiger partial charge in [0.2, 0.25) is 5.95 Å². The van der Waals surface area contributed by atoms with Gasteiger partial charge in [-0.3, -0.25) is 4.79 Å². The number of nitrogens with zero attached hydrogens (tertiary/aromatic N) is 3. The van der Waals surface area contributed by atoms with Crippen LogP contribution in [0.4, 0.5) is 10.1 Å². The van der Waals surface area contributed by atoms with E-state index in [1.165, 1.54) is 18.5 Å². The third-order valence-corrected chi connectivity index (χ3v) is 5.90. The van der Waals surface area contributed by atoms with Crippen LogP contribution in [0.1, 0.15) is 37.0 Å². The molecule has 0 saturated heterocycles. The molecule has 3 aromatic heterocycles. The predicted octanol–water partition coefficient (Wildman–Crippen LogP) is 2.56. The van der Waals surface area contributed by atoms with Gasteiger partial charge in [0.05, 0.1) is 23.0 Å². The van der Waals surface area contributed by atoms with Crippen LogP contribution in [0.15, 0.2) is 36.8 Å². The van der Waals surface area contributed by atoms with Crippen LogP contribution < -0.4 is 16.8 Å². The van der Waals surface area contributed by atoms with E-state index in [4.69, 9.17) is 11.5 Å². The van der Waals surface area contributed by atoms with Crippen LogP contribution in [-0.2, 0) is 0 Å². The lowest BCUT2D eigenvalue weighted by atomic mass is 9.84. The van der Waals surface area contributed by atoms with E-state index in [1.807, 2.05) is 12.3 Å². The SMILES string of the molecule is CC1(C)[C@H](N)CC[C@H]1Nc1c(C(N)=O)cnn2cc(-c3ccc(F)nc3)cc12. The maximum Gasteiger partial charge on any atom is 0.252 e. The Morgan fingerprint density at radius 3 is 2.68 bits per heavy atom. The van der Waals surface area contributed by atoms with Gasteiger partial charge in [0.15, 0.2) is 0 Å². The molecule has 4 rings (SSSR count). The normalized spacial score (nSPS) is 21.1. The van der Waals surface area contributed by atoms with Crippen LogP contribution in [0.5, 0.6) is 0 Å². The van der Waals surface area contributed by atoms with E-state index < -0.39 is 11.9 Å². The van der Waals surface area contributed by atoms with Crippen molar-refractivity contribution in [3.63, 3.8) is 0 Å². The summed E-state index contributed by atoms with van der Waals surface area (Å²) in [4.78, 5) is 15.7. The molecule has 0 spiro atoms. The summed E-state index contributed by atoms with van der Waals surface area (Å²) in [5.41, 5.74) is 15.0. The first-order valence-corrected chi connectivity index (χ1v) is 9.22. The van der Waals surface area contributed by atoms with Crippen LogP contribution in [0, 0.1) is 11.4 Å². The third kappa shape index (κ3) is 2.99. The molecule has 0 bridgehead atoms. The number of halogens is 1. The molecule has 146 valence electrons. The first-order chi connectivity index (χ1) is 13.3. The van der Waals surface area contributed by atoms with E-state index in [-0.39, 0.29) is 17.5 Å². The molecule has 7 nitrogen and oxygen atoms in total. The lowest BCUT2D eigenvalue weighted by Gasteiger charge is -2.32. The number of aromatic nitrogens is 3. The molecule has 0 unspecified atom stereocenters. The molecular weight excluding hydrogens is 359 g/mol. The van der Waals surface area contributed by atoms with Gasteiger partial charge in [-0.2, -0.15) is 9.49 Å². The molecule has 3 aromatic rings. The van der Waals surface area contributed by atoms with Crippen molar-refractivity contribution in [3.05, 3.63) is 48.3 Å². The summed E-state index contributed by atoms with van der Waals surface area (Å²) in [5.74, 6) is -1.09. The highest BCUT2D eigenvalue weighted by molar-refractivity contribution is 6.02. The number of primary amides is 1. The van der Waals surface area contributed by atoms with Crippen LogP contribution >= 0.6 is 0 Å². The molecule has 1 aliphatic carbocycles. The minimum Gasteiger partial charge on any atom is -0.379 e. The van der Waals surface area contributed by atoms with Gasteiger partial charge < -0.3 is 16.8 Å². The van der Waals surface area contributed by atoms with Crippen LogP contribution in [-0.4, -0.2) is 32.6 Å². The number of hydrogen-bond acceptors (Lipinski definition) is 5. The molecular formula is C20H23FN6O. The summed E-state index contributed by atoms with van der Waals surface area (Å²) in [6.45, 7) is 4.25. The maximum absolute atomic E-state index is 13.1. The Labute approximate surface area is 161 Å². The summed E-state index contributed by atoms with van der Waals surface area (Å²) < 4.78 is 14.8. The Hall–Kier alpha value is -3.00. The van der Waals surface area contributed by atoms with Gasteiger partial charge in [-0.25, -0.2) is 9.50 Å². The van der Waals surface area contributed by atoms with Gasteiger partial charge in [-0.1, -0.05) is 13.8 Å². The Bertz CT molecular complexity index is 1040. The average Bonchev–Trinajstić information content (AvgIpc) is 3.19. The maximum atomic E-state index is 13.1. The Morgan fingerprint density at radius 1 is 1.29 bits per heavy atom. The molecule has 1 amide bonds. The fourth-order valence-electron chi connectivity index (χ4n) is 3.88. The molecule has 5 N–H and O–H groups in total. The van der Waals surface area contributed by atoms with Crippen molar-refractivity contribution < 1.29 is 9.18 Å². The molecule has 0 radical (unpaired) electrons. The lowest BCUT2D eigenvalue weighted by molar-refractivity contribution is 0.100. The first-order valence-electron chi connectivity index (χ1n) is 9.22.